The first kappa shape index (κ1) is 16.5. The van der Waals surface area contributed by atoms with E-state index < -0.39 is 6.03 Å². The average molecular weight is 310 g/mol. The maximum atomic E-state index is 13.6. The van der Waals surface area contributed by atoms with Crippen LogP contribution in [-0.4, -0.2) is 51.3 Å². The number of benzene rings is 1. The van der Waals surface area contributed by atoms with E-state index in [1.807, 2.05) is 6.92 Å². The topological polar surface area (TPSA) is 56.8 Å². The monoisotopic (exact) mass is 310 g/mol. The molecule has 1 heterocycles. The van der Waals surface area contributed by atoms with Gasteiger partial charge in [-0.3, -0.25) is 4.84 Å². The molecule has 0 unspecified atom stereocenters. The van der Waals surface area contributed by atoms with Gasteiger partial charge in [0.1, 0.15) is 5.82 Å². The smallest absolute Gasteiger partial charge is 0.339 e. The summed E-state index contributed by atoms with van der Waals surface area (Å²) in [5.41, 5.74) is 3.92. The van der Waals surface area contributed by atoms with Crippen LogP contribution in [0.5, 0.6) is 0 Å². The standard InChI is InChI=1S/C15H23FN4O2/c1-11(17-15(21)18-22-3)13-10-12(16)4-5-14(13)20-8-6-19(2)7-9-20/h4-5,10-11H,6-9H2,1-3H3,(H2,17,18,21)/t11-/m1/s1. The Hall–Kier alpha value is -1.86. The van der Waals surface area contributed by atoms with Gasteiger partial charge in [0.15, 0.2) is 0 Å². The third-order valence-corrected chi connectivity index (χ3v) is 3.84. The van der Waals surface area contributed by atoms with Gasteiger partial charge < -0.3 is 15.1 Å². The maximum Gasteiger partial charge on any atom is 0.339 e. The molecule has 1 aliphatic heterocycles. The molecule has 1 aliphatic rings. The highest BCUT2D eigenvalue weighted by Gasteiger charge is 2.21. The fourth-order valence-electron chi connectivity index (χ4n) is 2.60. The molecule has 1 saturated heterocycles. The zero-order valence-electron chi connectivity index (χ0n) is 13.2. The fraction of sp³-hybridized carbons (Fsp3) is 0.533. The molecular weight excluding hydrogens is 287 g/mol. The van der Waals surface area contributed by atoms with Crippen LogP contribution in [0.25, 0.3) is 0 Å². The molecule has 1 atom stereocenters. The summed E-state index contributed by atoms with van der Waals surface area (Å²) in [4.78, 5) is 20.6. The van der Waals surface area contributed by atoms with E-state index in [1.54, 1.807) is 6.07 Å². The Balaban J connectivity index is 2.18. The molecule has 6 nitrogen and oxygen atoms in total. The third-order valence-electron chi connectivity index (χ3n) is 3.84. The molecule has 7 heteroatoms. The number of piperazine rings is 1. The highest BCUT2D eigenvalue weighted by Crippen LogP contribution is 2.28. The second kappa shape index (κ2) is 7.42. The average Bonchev–Trinajstić information content (AvgIpc) is 2.48. The molecule has 122 valence electrons. The number of carbonyl (C=O) groups is 1. The Bertz CT molecular complexity index is 518. The summed E-state index contributed by atoms with van der Waals surface area (Å²) in [6, 6.07) is 3.93. The molecular formula is C15H23FN4O2. The van der Waals surface area contributed by atoms with Gasteiger partial charge in [-0.1, -0.05) is 0 Å². The number of hydrogen-bond acceptors (Lipinski definition) is 4. The fourth-order valence-corrected chi connectivity index (χ4v) is 2.60. The Morgan fingerprint density at radius 1 is 1.32 bits per heavy atom. The van der Waals surface area contributed by atoms with Crippen LogP contribution in [0.4, 0.5) is 14.9 Å². The first-order chi connectivity index (χ1) is 10.5. The zero-order chi connectivity index (χ0) is 16.1. The molecule has 0 bridgehead atoms. The van der Waals surface area contributed by atoms with Crippen LogP contribution in [0.1, 0.15) is 18.5 Å². The number of urea groups is 1. The van der Waals surface area contributed by atoms with E-state index >= 15 is 0 Å². The number of hydrogen-bond donors (Lipinski definition) is 2. The normalized spacial score (nSPS) is 17.2. The summed E-state index contributed by atoms with van der Waals surface area (Å²) in [6.07, 6.45) is 0. The van der Waals surface area contributed by atoms with Crippen LogP contribution in [0.15, 0.2) is 18.2 Å². The van der Waals surface area contributed by atoms with E-state index in [1.165, 1.54) is 19.2 Å². The van der Waals surface area contributed by atoms with Crippen LogP contribution >= 0.6 is 0 Å². The molecule has 0 spiro atoms. The van der Waals surface area contributed by atoms with Crippen LogP contribution in [0.3, 0.4) is 0 Å². The highest BCUT2D eigenvalue weighted by molar-refractivity contribution is 5.73. The van der Waals surface area contributed by atoms with Crippen molar-refractivity contribution in [3.05, 3.63) is 29.6 Å². The molecule has 1 aromatic carbocycles. The molecule has 22 heavy (non-hydrogen) atoms. The molecule has 2 amide bonds. The Morgan fingerprint density at radius 3 is 2.64 bits per heavy atom. The number of rotatable bonds is 4. The second-order valence-electron chi connectivity index (χ2n) is 5.49. The maximum absolute atomic E-state index is 13.6. The minimum absolute atomic E-state index is 0.311. The summed E-state index contributed by atoms with van der Waals surface area (Å²) in [5.74, 6) is -0.311. The summed E-state index contributed by atoms with van der Waals surface area (Å²) in [5, 5.41) is 2.73. The highest BCUT2D eigenvalue weighted by atomic mass is 19.1. The van der Waals surface area contributed by atoms with E-state index in [0.29, 0.717) is 0 Å². The number of hydroxylamine groups is 1. The second-order valence-corrected chi connectivity index (χ2v) is 5.49. The van der Waals surface area contributed by atoms with Crippen molar-refractivity contribution in [3.8, 4) is 0 Å². The Labute approximate surface area is 130 Å². The molecule has 0 aliphatic carbocycles. The molecule has 2 N–H and O–H groups in total. The third kappa shape index (κ3) is 4.08. The van der Waals surface area contributed by atoms with E-state index in [4.69, 9.17) is 0 Å². The molecule has 0 saturated carbocycles. The van der Waals surface area contributed by atoms with Crippen LogP contribution in [-0.2, 0) is 4.84 Å². The lowest BCUT2D eigenvalue weighted by Crippen LogP contribution is -2.45. The van der Waals surface area contributed by atoms with Gasteiger partial charge in [-0.05, 0) is 32.2 Å². The Morgan fingerprint density at radius 2 is 2.00 bits per heavy atom. The number of carbonyl (C=O) groups excluding carboxylic acids is 1. The van der Waals surface area contributed by atoms with E-state index in [9.17, 15) is 9.18 Å². The van der Waals surface area contributed by atoms with Gasteiger partial charge in [-0.25, -0.2) is 14.7 Å². The van der Waals surface area contributed by atoms with E-state index in [-0.39, 0.29) is 11.9 Å². The number of nitrogens with one attached hydrogen (secondary N) is 2. The van der Waals surface area contributed by atoms with Crippen molar-refractivity contribution in [3.63, 3.8) is 0 Å². The van der Waals surface area contributed by atoms with Gasteiger partial charge >= 0.3 is 6.03 Å². The lowest BCUT2D eigenvalue weighted by Gasteiger charge is -2.36. The molecule has 0 radical (unpaired) electrons. The summed E-state index contributed by atoms with van der Waals surface area (Å²) >= 11 is 0. The number of nitrogens with zero attached hydrogens (tertiary/aromatic N) is 2. The minimum atomic E-state index is -0.455. The molecule has 1 aromatic rings. The van der Waals surface area contributed by atoms with Gasteiger partial charge in [0.05, 0.1) is 13.2 Å². The molecule has 1 fully saturated rings. The van der Waals surface area contributed by atoms with Crippen LogP contribution in [0.2, 0.25) is 0 Å². The minimum Gasteiger partial charge on any atom is -0.369 e. The van der Waals surface area contributed by atoms with Crippen LogP contribution < -0.4 is 15.7 Å². The summed E-state index contributed by atoms with van der Waals surface area (Å²) < 4.78 is 13.6. The van der Waals surface area contributed by atoms with Gasteiger partial charge in [0, 0.05) is 37.4 Å². The quantitative estimate of drug-likeness (QED) is 0.828. The number of amides is 2. The van der Waals surface area contributed by atoms with Crippen LogP contribution in [0, 0.1) is 5.82 Å². The van der Waals surface area contributed by atoms with Crippen molar-refractivity contribution in [2.45, 2.75) is 13.0 Å². The summed E-state index contributed by atoms with van der Waals surface area (Å²) in [7, 11) is 3.45. The molecule has 2 rings (SSSR count). The van der Waals surface area contributed by atoms with Crippen molar-refractivity contribution in [2.75, 3.05) is 45.2 Å². The van der Waals surface area contributed by atoms with Gasteiger partial charge in [0.2, 0.25) is 0 Å². The van der Waals surface area contributed by atoms with Gasteiger partial charge in [-0.2, -0.15) is 0 Å². The number of halogens is 1. The lowest BCUT2D eigenvalue weighted by molar-refractivity contribution is 0.106. The largest absolute Gasteiger partial charge is 0.369 e. The predicted octanol–water partition coefficient (Wildman–Crippen LogP) is 1.50. The van der Waals surface area contributed by atoms with Crippen molar-refractivity contribution in [1.82, 2.24) is 15.7 Å². The lowest BCUT2D eigenvalue weighted by atomic mass is 10.0. The van der Waals surface area contributed by atoms with Crippen molar-refractivity contribution >= 4 is 11.7 Å². The number of anilines is 1. The van der Waals surface area contributed by atoms with Gasteiger partial charge in [0.25, 0.3) is 0 Å². The summed E-state index contributed by atoms with van der Waals surface area (Å²) in [6.45, 7) is 5.51. The van der Waals surface area contributed by atoms with Crippen molar-refractivity contribution in [2.24, 2.45) is 0 Å². The first-order valence-electron chi connectivity index (χ1n) is 7.33. The van der Waals surface area contributed by atoms with E-state index in [0.717, 1.165) is 37.4 Å². The predicted molar refractivity (Wildman–Crippen MR) is 83.2 cm³/mol. The van der Waals surface area contributed by atoms with E-state index in [2.05, 4.69) is 32.5 Å². The SMILES string of the molecule is CONC(=O)N[C@H](C)c1cc(F)ccc1N1CCN(C)CC1. The molecule has 0 aromatic heterocycles. The number of likely N-dealkylation sites (N-methyl/N-ethyl adjacent to an activating group) is 1. The zero-order valence-corrected chi connectivity index (χ0v) is 13.2. The van der Waals surface area contributed by atoms with Crippen molar-refractivity contribution in [1.29, 1.82) is 0 Å². The van der Waals surface area contributed by atoms with Crippen molar-refractivity contribution < 1.29 is 14.0 Å². The van der Waals surface area contributed by atoms with Gasteiger partial charge in [-0.15, -0.1) is 0 Å². The first-order valence-corrected chi connectivity index (χ1v) is 7.33. The Kier molecular flexibility index (Phi) is 5.57.